The van der Waals surface area contributed by atoms with Gasteiger partial charge in [0.15, 0.2) is 0 Å². The van der Waals surface area contributed by atoms with Crippen molar-refractivity contribution in [1.82, 2.24) is 0 Å². The molecular formula is C13H22O4. The van der Waals surface area contributed by atoms with Crippen LogP contribution in [0.1, 0.15) is 46.0 Å². The molecule has 0 aliphatic carbocycles. The predicted octanol–water partition coefficient (Wildman–Crippen LogP) is 2.62. The first-order valence-corrected chi connectivity index (χ1v) is 6.16. The van der Waals surface area contributed by atoms with Crippen molar-refractivity contribution in [3.05, 3.63) is 12.2 Å². The molecule has 0 aliphatic rings. The third kappa shape index (κ3) is 11.0. The van der Waals surface area contributed by atoms with Gasteiger partial charge >= 0.3 is 11.9 Å². The maximum atomic E-state index is 11.0. The standard InChI is InChI=1S/C13H22O4/c1-3-8-12(14)16-10-6-5-7-11-17-13(15)9-4-2/h5-6H,3-4,7-11H2,1-2H3. The van der Waals surface area contributed by atoms with E-state index in [4.69, 9.17) is 9.47 Å². The molecule has 4 heteroatoms. The SMILES string of the molecule is CCCC(=O)OCC=CCCOC(=O)CCC. The molecule has 0 amide bonds. The molecule has 0 bridgehead atoms. The minimum absolute atomic E-state index is 0.157. The lowest BCUT2D eigenvalue weighted by molar-refractivity contribution is -0.143. The Balaban J connectivity index is 3.37. The van der Waals surface area contributed by atoms with Crippen LogP contribution < -0.4 is 0 Å². The van der Waals surface area contributed by atoms with Crippen LogP contribution in [-0.2, 0) is 19.1 Å². The Morgan fingerprint density at radius 2 is 1.53 bits per heavy atom. The lowest BCUT2D eigenvalue weighted by Gasteiger charge is -2.01. The Bertz CT molecular complexity index is 246. The number of rotatable bonds is 9. The van der Waals surface area contributed by atoms with Gasteiger partial charge in [0.1, 0.15) is 6.61 Å². The smallest absolute Gasteiger partial charge is 0.306 e. The van der Waals surface area contributed by atoms with Gasteiger partial charge < -0.3 is 9.47 Å². The van der Waals surface area contributed by atoms with E-state index in [-0.39, 0.29) is 11.9 Å². The molecule has 0 unspecified atom stereocenters. The minimum Gasteiger partial charge on any atom is -0.465 e. The van der Waals surface area contributed by atoms with Crippen molar-refractivity contribution >= 4 is 11.9 Å². The van der Waals surface area contributed by atoms with Gasteiger partial charge in [-0.1, -0.05) is 26.0 Å². The average molecular weight is 242 g/mol. The topological polar surface area (TPSA) is 52.6 Å². The quantitative estimate of drug-likeness (QED) is 0.354. The van der Waals surface area contributed by atoms with Crippen LogP contribution in [0.4, 0.5) is 0 Å². The zero-order chi connectivity index (χ0) is 12.9. The summed E-state index contributed by atoms with van der Waals surface area (Å²) in [4.78, 5) is 21.9. The third-order valence-electron chi connectivity index (χ3n) is 1.96. The Kier molecular flexibility index (Phi) is 10.3. The lowest BCUT2D eigenvalue weighted by Crippen LogP contribution is -2.05. The number of hydrogen-bond acceptors (Lipinski definition) is 4. The molecule has 98 valence electrons. The van der Waals surface area contributed by atoms with E-state index in [0.717, 1.165) is 12.8 Å². The van der Waals surface area contributed by atoms with E-state index in [2.05, 4.69) is 0 Å². The largest absolute Gasteiger partial charge is 0.465 e. The zero-order valence-corrected chi connectivity index (χ0v) is 10.7. The van der Waals surface area contributed by atoms with E-state index in [1.54, 1.807) is 6.08 Å². The molecule has 0 atom stereocenters. The molecule has 4 nitrogen and oxygen atoms in total. The Hall–Kier alpha value is -1.32. The number of hydrogen-bond donors (Lipinski definition) is 0. The molecule has 0 rings (SSSR count). The summed E-state index contributed by atoms with van der Waals surface area (Å²) in [5, 5.41) is 0. The molecule has 17 heavy (non-hydrogen) atoms. The molecule has 0 aromatic heterocycles. The summed E-state index contributed by atoms with van der Waals surface area (Å²) in [6.45, 7) is 4.55. The van der Waals surface area contributed by atoms with Gasteiger partial charge in [-0.2, -0.15) is 0 Å². The van der Waals surface area contributed by atoms with Crippen molar-refractivity contribution in [3.63, 3.8) is 0 Å². The molecule has 0 saturated carbocycles. The molecular weight excluding hydrogens is 220 g/mol. The van der Waals surface area contributed by atoms with Gasteiger partial charge in [0.2, 0.25) is 0 Å². The van der Waals surface area contributed by atoms with Crippen molar-refractivity contribution in [2.45, 2.75) is 46.0 Å². The van der Waals surface area contributed by atoms with E-state index in [1.807, 2.05) is 19.9 Å². The van der Waals surface area contributed by atoms with Crippen LogP contribution in [0, 0.1) is 0 Å². The normalized spacial score (nSPS) is 10.5. The second kappa shape index (κ2) is 11.2. The summed E-state index contributed by atoms with van der Waals surface area (Å²) in [6, 6.07) is 0. The fraction of sp³-hybridized carbons (Fsp3) is 0.692. The van der Waals surface area contributed by atoms with Gasteiger partial charge in [-0.3, -0.25) is 9.59 Å². The highest BCUT2D eigenvalue weighted by molar-refractivity contribution is 5.69. The molecule has 0 fully saturated rings. The minimum atomic E-state index is -0.175. The molecule has 0 radical (unpaired) electrons. The van der Waals surface area contributed by atoms with Crippen molar-refractivity contribution < 1.29 is 19.1 Å². The van der Waals surface area contributed by atoms with Crippen molar-refractivity contribution in [3.8, 4) is 0 Å². The monoisotopic (exact) mass is 242 g/mol. The maximum absolute atomic E-state index is 11.0. The highest BCUT2D eigenvalue weighted by Crippen LogP contribution is 1.94. The fourth-order valence-corrected chi connectivity index (χ4v) is 1.12. The highest BCUT2D eigenvalue weighted by atomic mass is 16.5. The van der Waals surface area contributed by atoms with Crippen molar-refractivity contribution in [1.29, 1.82) is 0 Å². The molecule has 0 aromatic rings. The Morgan fingerprint density at radius 3 is 2.12 bits per heavy atom. The second-order valence-corrected chi connectivity index (χ2v) is 3.66. The number of ether oxygens (including phenoxy) is 2. The second-order valence-electron chi connectivity index (χ2n) is 3.66. The number of carbonyl (C=O) groups is 2. The maximum Gasteiger partial charge on any atom is 0.306 e. The van der Waals surface area contributed by atoms with Crippen LogP contribution in [-0.4, -0.2) is 25.2 Å². The van der Waals surface area contributed by atoms with Crippen LogP contribution in [0.3, 0.4) is 0 Å². The van der Waals surface area contributed by atoms with Gasteiger partial charge in [-0.25, -0.2) is 0 Å². The molecule has 0 aliphatic heterocycles. The van der Waals surface area contributed by atoms with E-state index >= 15 is 0 Å². The van der Waals surface area contributed by atoms with E-state index in [0.29, 0.717) is 32.5 Å². The van der Waals surface area contributed by atoms with Gasteiger partial charge in [0, 0.05) is 12.8 Å². The van der Waals surface area contributed by atoms with Crippen molar-refractivity contribution in [2.75, 3.05) is 13.2 Å². The molecule has 0 spiro atoms. The Morgan fingerprint density at radius 1 is 0.941 bits per heavy atom. The first-order valence-electron chi connectivity index (χ1n) is 6.16. The van der Waals surface area contributed by atoms with Gasteiger partial charge in [0.05, 0.1) is 6.61 Å². The summed E-state index contributed by atoms with van der Waals surface area (Å²) < 4.78 is 9.87. The van der Waals surface area contributed by atoms with Crippen LogP contribution in [0.15, 0.2) is 12.2 Å². The highest BCUT2D eigenvalue weighted by Gasteiger charge is 1.99. The number of esters is 2. The van der Waals surface area contributed by atoms with Crippen LogP contribution in [0.25, 0.3) is 0 Å². The first kappa shape index (κ1) is 15.7. The summed E-state index contributed by atoms with van der Waals surface area (Å²) in [7, 11) is 0. The molecule has 0 saturated heterocycles. The molecule has 0 aromatic carbocycles. The summed E-state index contributed by atoms with van der Waals surface area (Å²) in [5.41, 5.74) is 0. The van der Waals surface area contributed by atoms with Crippen LogP contribution >= 0.6 is 0 Å². The predicted molar refractivity (Wildman–Crippen MR) is 65.5 cm³/mol. The van der Waals surface area contributed by atoms with Crippen LogP contribution in [0.2, 0.25) is 0 Å². The first-order chi connectivity index (χ1) is 8.20. The van der Waals surface area contributed by atoms with Gasteiger partial charge in [-0.05, 0) is 19.3 Å². The van der Waals surface area contributed by atoms with Gasteiger partial charge in [-0.15, -0.1) is 0 Å². The van der Waals surface area contributed by atoms with E-state index in [9.17, 15) is 9.59 Å². The van der Waals surface area contributed by atoms with Crippen LogP contribution in [0.5, 0.6) is 0 Å². The fourth-order valence-electron chi connectivity index (χ4n) is 1.12. The van der Waals surface area contributed by atoms with Gasteiger partial charge in [0.25, 0.3) is 0 Å². The van der Waals surface area contributed by atoms with Crippen molar-refractivity contribution in [2.24, 2.45) is 0 Å². The number of carbonyl (C=O) groups excluding carboxylic acids is 2. The van der Waals surface area contributed by atoms with E-state index in [1.165, 1.54) is 0 Å². The summed E-state index contributed by atoms with van der Waals surface area (Å²) >= 11 is 0. The summed E-state index contributed by atoms with van der Waals surface area (Å²) in [6.07, 6.45) is 6.80. The zero-order valence-electron chi connectivity index (χ0n) is 10.7. The average Bonchev–Trinajstić information content (AvgIpc) is 2.28. The third-order valence-corrected chi connectivity index (χ3v) is 1.96. The molecule has 0 N–H and O–H groups in total. The van der Waals surface area contributed by atoms with E-state index < -0.39 is 0 Å². The Labute approximate surface area is 103 Å². The summed E-state index contributed by atoms with van der Waals surface area (Å²) in [5.74, 6) is -0.332. The lowest BCUT2D eigenvalue weighted by atomic mass is 10.3. The molecule has 0 heterocycles.